The third-order valence-electron chi connectivity index (χ3n) is 3.62. The summed E-state index contributed by atoms with van der Waals surface area (Å²) in [4.78, 5) is 31.1. The van der Waals surface area contributed by atoms with E-state index in [-0.39, 0.29) is 17.9 Å². The fraction of sp³-hybridized carbons (Fsp3) is 0.353. The number of hydrogen-bond acceptors (Lipinski definition) is 3. The number of carbonyl (C=O) groups is 1. The van der Waals surface area contributed by atoms with E-state index in [1.807, 2.05) is 32.9 Å². The number of rotatable bonds is 3. The molecule has 2 rings (SSSR count). The van der Waals surface area contributed by atoms with Crippen LogP contribution in [-0.2, 0) is 11.2 Å². The molecule has 0 unspecified atom stereocenters. The predicted octanol–water partition coefficient (Wildman–Crippen LogP) is 2.49. The standard InChI is InChI=1S/C17H21N3O2/c1-9-6-10(2)16(11(3)7-9)20-15(21)8-14-12(4)18-13(5)19-17(14)22/h6-7H,8H2,1-5H3,(H,20,21)(H,18,19,22). The largest absolute Gasteiger partial charge is 0.325 e. The minimum atomic E-state index is -0.252. The number of nitrogens with one attached hydrogen (secondary N) is 2. The average molecular weight is 299 g/mol. The van der Waals surface area contributed by atoms with Crippen molar-refractivity contribution in [2.24, 2.45) is 0 Å². The van der Waals surface area contributed by atoms with E-state index >= 15 is 0 Å². The summed E-state index contributed by atoms with van der Waals surface area (Å²) in [6, 6.07) is 4.04. The van der Waals surface area contributed by atoms with Crippen molar-refractivity contribution in [2.75, 3.05) is 5.32 Å². The average Bonchev–Trinajstić information content (AvgIpc) is 2.38. The number of nitrogens with zero attached hydrogens (tertiary/aromatic N) is 1. The molecule has 1 amide bonds. The maximum absolute atomic E-state index is 12.3. The number of amides is 1. The number of benzene rings is 1. The fourth-order valence-corrected chi connectivity index (χ4v) is 2.68. The Bertz CT molecular complexity index is 768. The summed E-state index contributed by atoms with van der Waals surface area (Å²) >= 11 is 0. The smallest absolute Gasteiger partial charge is 0.254 e. The molecule has 1 aromatic carbocycles. The molecule has 0 aliphatic heterocycles. The molecular weight excluding hydrogens is 278 g/mol. The third-order valence-corrected chi connectivity index (χ3v) is 3.62. The number of hydrogen-bond donors (Lipinski definition) is 2. The lowest BCUT2D eigenvalue weighted by Gasteiger charge is -2.13. The molecule has 5 nitrogen and oxygen atoms in total. The van der Waals surface area contributed by atoms with Crippen LogP contribution in [0, 0.1) is 34.6 Å². The fourth-order valence-electron chi connectivity index (χ4n) is 2.68. The number of aromatic nitrogens is 2. The molecule has 0 aliphatic carbocycles. The van der Waals surface area contributed by atoms with Crippen LogP contribution >= 0.6 is 0 Å². The van der Waals surface area contributed by atoms with Gasteiger partial charge in [0, 0.05) is 16.9 Å². The molecule has 0 saturated heterocycles. The van der Waals surface area contributed by atoms with E-state index in [2.05, 4.69) is 15.3 Å². The number of aryl methyl sites for hydroxylation is 5. The van der Waals surface area contributed by atoms with Gasteiger partial charge in [0.05, 0.1) is 6.42 Å². The van der Waals surface area contributed by atoms with Crippen LogP contribution in [0.5, 0.6) is 0 Å². The van der Waals surface area contributed by atoms with E-state index in [0.717, 1.165) is 22.4 Å². The highest BCUT2D eigenvalue weighted by molar-refractivity contribution is 5.93. The number of H-pyrrole nitrogens is 1. The molecule has 0 spiro atoms. The highest BCUT2D eigenvalue weighted by Crippen LogP contribution is 2.22. The second-order valence-corrected chi connectivity index (χ2v) is 5.71. The van der Waals surface area contributed by atoms with Crippen molar-refractivity contribution in [3.8, 4) is 0 Å². The Labute approximate surface area is 129 Å². The Hall–Kier alpha value is -2.43. The second-order valence-electron chi connectivity index (χ2n) is 5.71. The highest BCUT2D eigenvalue weighted by Gasteiger charge is 2.14. The van der Waals surface area contributed by atoms with E-state index in [4.69, 9.17) is 0 Å². The van der Waals surface area contributed by atoms with E-state index in [1.54, 1.807) is 13.8 Å². The van der Waals surface area contributed by atoms with E-state index in [9.17, 15) is 9.59 Å². The van der Waals surface area contributed by atoms with Gasteiger partial charge in [-0.3, -0.25) is 9.59 Å². The summed E-state index contributed by atoms with van der Waals surface area (Å²) in [7, 11) is 0. The zero-order valence-corrected chi connectivity index (χ0v) is 13.6. The molecule has 2 N–H and O–H groups in total. The normalized spacial score (nSPS) is 10.6. The summed E-state index contributed by atoms with van der Waals surface area (Å²) in [5, 5.41) is 2.90. The predicted molar refractivity (Wildman–Crippen MR) is 87.3 cm³/mol. The molecule has 1 aromatic heterocycles. The molecule has 2 aromatic rings. The van der Waals surface area contributed by atoms with Gasteiger partial charge in [-0.15, -0.1) is 0 Å². The van der Waals surface area contributed by atoms with Gasteiger partial charge in [0.2, 0.25) is 5.91 Å². The summed E-state index contributed by atoms with van der Waals surface area (Å²) in [5.74, 6) is 0.339. The first-order valence-electron chi connectivity index (χ1n) is 7.22. The number of anilines is 1. The Morgan fingerprint density at radius 2 is 1.73 bits per heavy atom. The number of carbonyl (C=O) groups excluding carboxylic acids is 1. The Morgan fingerprint density at radius 1 is 1.14 bits per heavy atom. The Morgan fingerprint density at radius 3 is 2.27 bits per heavy atom. The first-order chi connectivity index (χ1) is 10.3. The van der Waals surface area contributed by atoms with Crippen molar-refractivity contribution in [3.63, 3.8) is 0 Å². The maximum atomic E-state index is 12.3. The number of aromatic amines is 1. The van der Waals surface area contributed by atoms with E-state index < -0.39 is 0 Å². The van der Waals surface area contributed by atoms with Crippen LogP contribution < -0.4 is 10.9 Å². The molecule has 22 heavy (non-hydrogen) atoms. The maximum Gasteiger partial charge on any atom is 0.254 e. The second kappa shape index (κ2) is 6.13. The van der Waals surface area contributed by atoms with Crippen LogP contribution in [0.15, 0.2) is 16.9 Å². The SMILES string of the molecule is Cc1cc(C)c(NC(=O)Cc2c(C)nc(C)[nH]c2=O)c(C)c1. The van der Waals surface area contributed by atoms with Crippen molar-refractivity contribution in [2.45, 2.75) is 41.0 Å². The van der Waals surface area contributed by atoms with Crippen molar-refractivity contribution in [1.82, 2.24) is 9.97 Å². The Kier molecular flexibility index (Phi) is 4.45. The molecule has 0 fully saturated rings. The molecule has 1 heterocycles. The van der Waals surface area contributed by atoms with Gasteiger partial charge in [-0.25, -0.2) is 4.98 Å². The van der Waals surface area contributed by atoms with Crippen LogP contribution in [0.3, 0.4) is 0 Å². The van der Waals surface area contributed by atoms with Gasteiger partial charge in [0.15, 0.2) is 0 Å². The van der Waals surface area contributed by atoms with Crippen molar-refractivity contribution in [3.05, 3.63) is 56.3 Å². The zero-order chi connectivity index (χ0) is 16.4. The molecule has 116 valence electrons. The quantitative estimate of drug-likeness (QED) is 0.914. The van der Waals surface area contributed by atoms with E-state index in [1.165, 1.54) is 0 Å². The lowest BCUT2D eigenvalue weighted by molar-refractivity contribution is -0.115. The van der Waals surface area contributed by atoms with Gasteiger partial charge in [-0.2, -0.15) is 0 Å². The molecule has 5 heteroatoms. The van der Waals surface area contributed by atoms with Gasteiger partial charge in [-0.05, 0) is 45.7 Å². The molecule has 0 radical (unpaired) electrons. The van der Waals surface area contributed by atoms with Crippen LogP contribution in [0.2, 0.25) is 0 Å². The van der Waals surface area contributed by atoms with Crippen LogP contribution in [-0.4, -0.2) is 15.9 Å². The molecule has 0 atom stereocenters. The third kappa shape index (κ3) is 3.42. The van der Waals surface area contributed by atoms with Gasteiger partial charge in [0.25, 0.3) is 5.56 Å². The van der Waals surface area contributed by atoms with Gasteiger partial charge in [-0.1, -0.05) is 17.7 Å². The lowest BCUT2D eigenvalue weighted by Crippen LogP contribution is -2.24. The van der Waals surface area contributed by atoms with Crippen molar-refractivity contribution < 1.29 is 4.79 Å². The summed E-state index contributed by atoms with van der Waals surface area (Å²) in [5.41, 5.74) is 4.74. The van der Waals surface area contributed by atoms with Gasteiger partial charge >= 0.3 is 0 Å². The van der Waals surface area contributed by atoms with Crippen molar-refractivity contribution in [1.29, 1.82) is 0 Å². The van der Waals surface area contributed by atoms with Gasteiger partial charge in [0.1, 0.15) is 5.82 Å². The lowest BCUT2D eigenvalue weighted by atomic mass is 10.0. The van der Waals surface area contributed by atoms with Crippen LogP contribution in [0.1, 0.15) is 33.8 Å². The highest BCUT2D eigenvalue weighted by atomic mass is 16.2. The summed E-state index contributed by atoms with van der Waals surface area (Å²) in [6.07, 6.45) is 0.0151. The minimum Gasteiger partial charge on any atom is -0.325 e. The Balaban J connectivity index is 2.24. The topological polar surface area (TPSA) is 74.8 Å². The van der Waals surface area contributed by atoms with Gasteiger partial charge < -0.3 is 10.3 Å². The zero-order valence-electron chi connectivity index (χ0n) is 13.6. The van der Waals surface area contributed by atoms with Crippen LogP contribution in [0.25, 0.3) is 0 Å². The van der Waals surface area contributed by atoms with E-state index in [0.29, 0.717) is 17.1 Å². The molecular formula is C17H21N3O2. The molecule has 0 bridgehead atoms. The minimum absolute atomic E-state index is 0.0151. The monoisotopic (exact) mass is 299 g/mol. The summed E-state index contributed by atoms with van der Waals surface area (Å²) in [6.45, 7) is 9.40. The molecule has 0 aliphatic rings. The summed E-state index contributed by atoms with van der Waals surface area (Å²) < 4.78 is 0. The first-order valence-corrected chi connectivity index (χ1v) is 7.22. The molecule has 0 saturated carbocycles. The van der Waals surface area contributed by atoms with Crippen LogP contribution in [0.4, 0.5) is 5.69 Å². The van der Waals surface area contributed by atoms with Crippen molar-refractivity contribution >= 4 is 11.6 Å². The first kappa shape index (κ1) is 15.9.